The maximum atomic E-state index is 12.3. The van der Waals surface area contributed by atoms with E-state index in [0.717, 1.165) is 0 Å². The average molecular weight is 396 g/mol. The molecule has 0 unspecified atom stereocenters. The minimum Gasteiger partial charge on any atom is -0.479 e. The number of hydrogen-bond donors (Lipinski definition) is 1. The lowest BCUT2D eigenvalue weighted by molar-refractivity contribution is -0.122. The third-order valence-electron chi connectivity index (χ3n) is 3.30. The number of amides is 1. The molecule has 0 fully saturated rings. The Kier molecular flexibility index (Phi) is 6.89. The molecule has 0 radical (unpaired) electrons. The lowest BCUT2D eigenvalue weighted by atomic mass is 10.2. The van der Waals surface area contributed by atoms with Gasteiger partial charge in [-0.1, -0.05) is 23.2 Å². The molecule has 138 valence electrons. The van der Waals surface area contributed by atoms with Crippen LogP contribution in [0, 0.1) is 0 Å². The molecule has 1 atom stereocenters. The molecule has 2 aromatic rings. The van der Waals surface area contributed by atoms with Gasteiger partial charge in [0.05, 0.1) is 16.7 Å². The summed E-state index contributed by atoms with van der Waals surface area (Å²) >= 11 is 11.9. The molecule has 26 heavy (non-hydrogen) atoms. The van der Waals surface area contributed by atoms with Crippen molar-refractivity contribution in [2.45, 2.75) is 33.0 Å². The summed E-state index contributed by atoms with van der Waals surface area (Å²) in [7, 11) is 0. The first-order chi connectivity index (χ1) is 12.3. The molecule has 0 aliphatic rings. The van der Waals surface area contributed by atoms with Crippen molar-refractivity contribution in [3.8, 4) is 5.75 Å². The highest BCUT2D eigenvalue weighted by atomic mass is 35.5. The van der Waals surface area contributed by atoms with Crippen molar-refractivity contribution in [2.24, 2.45) is 0 Å². The van der Waals surface area contributed by atoms with Crippen LogP contribution in [0.25, 0.3) is 0 Å². The first-order valence-electron chi connectivity index (χ1n) is 8.00. The monoisotopic (exact) mass is 395 g/mol. The summed E-state index contributed by atoms with van der Waals surface area (Å²) < 4.78 is 10.7. The molecule has 0 heterocycles. The van der Waals surface area contributed by atoms with E-state index >= 15 is 0 Å². The number of rotatable bonds is 6. The number of ether oxygens (including phenoxy) is 2. The van der Waals surface area contributed by atoms with E-state index in [1.165, 1.54) is 6.07 Å². The number of carbonyl (C=O) groups is 2. The Morgan fingerprint density at radius 1 is 1.00 bits per heavy atom. The van der Waals surface area contributed by atoms with Crippen LogP contribution in [-0.2, 0) is 9.53 Å². The SMILES string of the molecule is CC(C)OC(=O)c1ccc(NC(=O)[C@@H](C)Oc2ccc(Cl)cc2Cl)cc1. The van der Waals surface area contributed by atoms with Crippen molar-refractivity contribution in [1.82, 2.24) is 0 Å². The van der Waals surface area contributed by atoms with E-state index in [4.69, 9.17) is 32.7 Å². The van der Waals surface area contributed by atoms with E-state index in [2.05, 4.69) is 5.32 Å². The first kappa shape index (κ1) is 20.1. The fraction of sp³-hybridized carbons (Fsp3) is 0.263. The third kappa shape index (κ3) is 5.64. The molecule has 1 N–H and O–H groups in total. The number of hydrogen-bond acceptors (Lipinski definition) is 4. The van der Waals surface area contributed by atoms with Crippen LogP contribution < -0.4 is 10.1 Å². The molecule has 2 aromatic carbocycles. The van der Waals surface area contributed by atoms with Crippen LogP contribution in [0.5, 0.6) is 5.75 Å². The predicted octanol–water partition coefficient (Wildman–Crippen LogP) is 4.96. The lowest BCUT2D eigenvalue weighted by Gasteiger charge is -2.16. The molecule has 0 aromatic heterocycles. The summed E-state index contributed by atoms with van der Waals surface area (Å²) in [5.41, 5.74) is 0.947. The van der Waals surface area contributed by atoms with E-state index < -0.39 is 12.1 Å². The minimum atomic E-state index is -0.778. The lowest BCUT2D eigenvalue weighted by Crippen LogP contribution is -2.30. The van der Waals surface area contributed by atoms with Gasteiger partial charge in [-0.15, -0.1) is 0 Å². The minimum absolute atomic E-state index is 0.195. The topological polar surface area (TPSA) is 64.6 Å². The van der Waals surface area contributed by atoms with Crippen LogP contribution in [0.4, 0.5) is 5.69 Å². The van der Waals surface area contributed by atoms with Gasteiger partial charge in [0.15, 0.2) is 6.10 Å². The molecular weight excluding hydrogens is 377 g/mol. The molecular formula is C19H19Cl2NO4. The highest BCUT2D eigenvalue weighted by Gasteiger charge is 2.17. The van der Waals surface area contributed by atoms with Gasteiger partial charge in [0, 0.05) is 10.7 Å². The maximum absolute atomic E-state index is 12.3. The van der Waals surface area contributed by atoms with Gasteiger partial charge in [-0.25, -0.2) is 4.79 Å². The Morgan fingerprint density at radius 3 is 2.23 bits per heavy atom. The van der Waals surface area contributed by atoms with Gasteiger partial charge >= 0.3 is 5.97 Å². The van der Waals surface area contributed by atoms with Crippen LogP contribution in [0.3, 0.4) is 0 Å². The van der Waals surface area contributed by atoms with Crippen LogP contribution in [0.15, 0.2) is 42.5 Å². The normalized spacial score (nSPS) is 11.8. The fourth-order valence-electron chi connectivity index (χ4n) is 2.03. The fourth-order valence-corrected chi connectivity index (χ4v) is 2.48. The Morgan fingerprint density at radius 2 is 1.65 bits per heavy atom. The van der Waals surface area contributed by atoms with Crippen molar-refractivity contribution in [3.05, 3.63) is 58.1 Å². The highest BCUT2D eigenvalue weighted by Crippen LogP contribution is 2.28. The molecule has 0 aliphatic carbocycles. The summed E-state index contributed by atoms with van der Waals surface area (Å²) in [4.78, 5) is 24.1. The molecule has 0 saturated carbocycles. The number of anilines is 1. The predicted molar refractivity (Wildman–Crippen MR) is 102 cm³/mol. The van der Waals surface area contributed by atoms with Crippen LogP contribution in [-0.4, -0.2) is 24.1 Å². The Hall–Kier alpha value is -2.24. The van der Waals surface area contributed by atoms with Gasteiger partial charge in [0.2, 0.25) is 0 Å². The number of esters is 1. The zero-order valence-corrected chi connectivity index (χ0v) is 16.1. The summed E-state index contributed by atoms with van der Waals surface area (Å²) in [5, 5.41) is 3.52. The van der Waals surface area contributed by atoms with Crippen LogP contribution in [0.1, 0.15) is 31.1 Å². The third-order valence-corrected chi connectivity index (χ3v) is 3.83. The first-order valence-corrected chi connectivity index (χ1v) is 8.75. The van der Waals surface area contributed by atoms with E-state index in [1.54, 1.807) is 57.2 Å². The van der Waals surface area contributed by atoms with Crippen LogP contribution in [0.2, 0.25) is 10.0 Å². The van der Waals surface area contributed by atoms with E-state index in [0.29, 0.717) is 27.0 Å². The highest BCUT2D eigenvalue weighted by molar-refractivity contribution is 6.35. The van der Waals surface area contributed by atoms with Crippen LogP contribution >= 0.6 is 23.2 Å². The number of halogens is 2. The van der Waals surface area contributed by atoms with E-state index in [-0.39, 0.29) is 12.0 Å². The van der Waals surface area contributed by atoms with E-state index in [9.17, 15) is 9.59 Å². The van der Waals surface area contributed by atoms with Gasteiger partial charge in [-0.05, 0) is 63.2 Å². The quantitative estimate of drug-likeness (QED) is 0.701. The molecule has 0 saturated heterocycles. The average Bonchev–Trinajstić information content (AvgIpc) is 2.57. The van der Waals surface area contributed by atoms with Gasteiger partial charge in [0.1, 0.15) is 5.75 Å². The van der Waals surface area contributed by atoms with Gasteiger partial charge in [-0.2, -0.15) is 0 Å². The molecule has 5 nitrogen and oxygen atoms in total. The summed E-state index contributed by atoms with van der Waals surface area (Å²) in [6, 6.07) is 11.2. The smallest absolute Gasteiger partial charge is 0.338 e. The van der Waals surface area contributed by atoms with Gasteiger partial charge in [-0.3, -0.25) is 4.79 Å². The molecule has 7 heteroatoms. The number of carbonyl (C=O) groups excluding carboxylic acids is 2. The number of benzene rings is 2. The standard InChI is InChI=1S/C19H19Cl2NO4/c1-11(2)25-19(24)13-4-7-15(8-5-13)22-18(23)12(3)26-17-9-6-14(20)10-16(17)21/h4-12H,1-3H3,(H,22,23)/t12-/m1/s1. The van der Waals surface area contributed by atoms with Crippen molar-refractivity contribution in [2.75, 3.05) is 5.32 Å². The zero-order valence-electron chi connectivity index (χ0n) is 14.6. The summed E-state index contributed by atoms with van der Waals surface area (Å²) in [5.74, 6) is -0.397. The second-order valence-corrected chi connectivity index (χ2v) is 6.70. The Balaban J connectivity index is 1.97. The van der Waals surface area contributed by atoms with Gasteiger partial charge < -0.3 is 14.8 Å². The molecule has 0 aliphatic heterocycles. The van der Waals surface area contributed by atoms with Crippen molar-refractivity contribution >= 4 is 40.8 Å². The zero-order chi connectivity index (χ0) is 19.3. The molecule has 0 bridgehead atoms. The number of nitrogens with one attached hydrogen (secondary N) is 1. The molecule has 0 spiro atoms. The second-order valence-electron chi connectivity index (χ2n) is 5.86. The maximum Gasteiger partial charge on any atom is 0.338 e. The summed E-state index contributed by atoms with van der Waals surface area (Å²) in [6.45, 7) is 5.16. The molecule has 1 amide bonds. The van der Waals surface area contributed by atoms with Gasteiger partial charge in [0.25, 0.3) is 5.91 Å². The molecule has 2 rings (SSSR count). The van der Waals surface area contributed by atoms with E-state index in [1.807, 2.05) is 0 Å². The Bertz CT molecular complexity index is 791. The Labute approximate surface area is 162 Å². The van der Waals surface area contributed by atoms with Crippen molar-refractivity contribution in [1.29, 1.82) is 0 Å². The summed E-state index contributed by atoms with van der Waals surface area (Å²) in [6.07, 6.45) is -0.973. The second kappa shape index (κ2) is 8.92. The van der Waals surface area contributed by atoms with Crippen molar-refractivity contribution < 1.29 is 19.1 Å². The van der Waals surface area contributed by atoms with Crippen molar-refractivity contribution in [3.63, 3.8) is 0 Å². The largest absolute Gasteiger partial charge is 0.479 e.